The van der Waals surface area contributed by atoms with Crippen LogP contribution in [0.3, 0.4) is 0 Å². The van der Waals surface area contributed by atoms with E-state index < -0.39 is 76.7 Å². The predicted octanol–water partition coefficient (Wildman–Crippen LogP) is 4.24. The second-order valence-electron chi connectivity index (χ2n) is 8.13. The summed E-state index contributed by atoms with van der Waals surface area (Å²) in [7, 11) is -7.90. The first-order valence-corrected chi connectivity index (χ1v) is 14.0. The van der Waals surface area contributed by atoms with E-state index in [9.17, 15) is 43.6 Å². The molecule has 204 valence electrons. The lowest BCUT2D eigenvalue weighted by Gasteiger charge is -2.17. The fourth-order valence-corrected chi connectivity index (χ4v) is 4.78. The third kappa shape index (κ3) is 5.91. The maximum Gasteiger partial charge on any atom is 0.435 e. The van der Waals surface area contributed by atoms with E-state index >= 15 is 0 Å². The molecule has 0 unspecified atom stereocenters. The first-order valence-electron chi connectivity index (χ1n) is 10.2. The molecular formula is C22H18F5N3O6S2. The Kier molecular flexibility index (Phi) is 7.53. The molecule has 0 aliphatic carbocycles. The van der Waals surface area contributed by atoms with Gasteiger partial charge in [0.05, 0.1) is 4.90 Å². The number of carbonyl (C=O) groups excluding carboxylic acids is 1. The maximum atomic E-state index is 14.8. The standard InChI is InChI=1S/C22H18F5N3O6S2/c1-10-8-14(38(4,34)35)16(23)17(24)18(10)36-21-15(11(2)19(29-30-21)22(25,26)27)20(31)28-12-6-5-7-13(9-12)37(3,32)33/h5-9H,1-4H3,(H,28,31). The Morgan fingerprint density at radius 2 is 1.58 bits per heavy atom. The number of ether oxygens (including phenoxy) is 1. The van der Waals surface area contributed by atoms with E-state index in [2.05, 4.69) is 15.5 Å². The number of nitrogens with zero attached hydrogens (tertiary/aromatic N) is 2. The molecule has 16 heteroatoms. The number of nitrogens with one attached hydrogen (secondary N) is 1. The zero-order valence-electron chi connectivity index (χ0n) is 19.9. The van der Waals surface area contributed by atoms with Gasteiger partial charge in [-0.1, -0.05) is 6.07 Å². The predicted molar refractivity (Wildman–Crippen MR) is 124 cm³/mol. The smallest absolute Gasteiger partial charge is 0.433 e. The number of anilines is 1. The van der Waals surface area contributed by atoms with Crippen LogP contribution in [0.15, 0.2) is 40.1 Å². The highest BCUT2D eigenvalue weighted by atomic mass is 32.2. The van der Waals surface area contributed by atoms with E-state index in [1.54, 1.807) is 0 Å². The molecule has 0 aliphatic heterocycles. The molecule has 2 aromatic carbocycles. The summed E-state index contributed by atoms with van der Waals surface area (Å²) in [6.45, 7) is 2.00. The van der Waals surface area contributed by atoms with E-state index in [0.29, 0.717) is 6.26 Å². The second-order valence-corrected chi connectivity index (χ2v) is 12.1. The van der Waals surface area contributed by atoms with Crippen LogP contribution in [0.1, 0.15) is 27.2 Å². The van der Waals surface area contributed by atoms with Crippen molar-refractivity contribution in [3.63, 3.8) is 0 Å². The van der Waals surface area contributed by atoms with Gasteiger partial charge in [-0.3, -0.25) is 4.79 Å². The summed E-state index contributed by atoms with van der Waals surface area (Å²) in [6, 6.07) is 5.54. The van der Waals surface area contributed by atoms with Crippen LogP contribution in [0.4, 0.5) is 27.6 Å². The second kappa shape index (κ2) is 9.90. The van der Waals surface area contributed by atoms with Crippen LogP contribution in [-0.4, -0.2) is 45.5 Å². The molecule has 0 fully saturated rings. The number of alkyl halides is 3. The molecular weight excluding hydrogens is 561 g/mol. The first kappa shape index (κ1) is 28.9. The highest BCUT2D eigenvalue weighted by molar-refractivity contribution is 7.91. The molecule has 0 atom stereocenters. The number of hydrogen-bond donors (Lipinski definition) is 1. The molecule has 1 heterocycles. The minimum absolute atomic E-state index is 0.125. The Morgan fingerprint density at radius 3 is 2.13 bits per heavy atom. The Hall–Kier alpha value is -3.66. The van der Waals surface area contributed by atoms with E-state index in [1.165, 1.54) is 18.2 Å². The van der Waals surface area contributed by atoms with Gasteiger partial charge in [-0.2, -0.15) is 17.6 Å². The van der Waals surface area contributed by atoms with Gasteiger partial charge in [0.1, 0.15) is 10.5 Å². The topological polar surface area (TPSA) is 132 Å². The van der Waals surface area contributed by atoms with Gasteiger partial charge in [0.2, 0.25) is 5.82 Å². The highest BCUT2D eigenvalue weighted by Crippen LogP contribution is 2.37. The van der Waals surface area contributed by atoms with Crippen molar-refractivity contribution in [2.75, 3.05) is 17.8 Å². The van der Waals surface area contributed by atoms with Gasteiger partial charge in [0.25, 0.3) is 11.8 Å². The van der Waals surface area contributed by atoms with E-state index in [-0.39, 0.29) is 16.1 Å². The molecule has 0 saturated carbocycles. The number of rotatable bonds is 6. The molecule has 0 saturated heterocycles. The van der Waals surface area contributed by atoms with Crippen LogP contribution in [0.2, 0.25) is 0 Å². The van der Waals surface area contributed by atoms with Crippen LogP contribution in [0.5, 0.6) is 11.6 Å². The van der Waals surface area contributed by atoms with Crippen molar-refractivity contribution in [3.8, 4) is 11.6 Å². The van der Waals surface area contributed by atoms with E-state index in [0.717, 1.165) is 32.2 Å². The van der Waals surface area contributed by atoms with Gasteiger partial charge >= 0.3 is 6.18 Å². The van der Waals surface area contributed by atoms with Crippen molar-refractivity contribution >= 4 is 31.3 Å². The third-order valence-corrected chi connectivity index (χ3v) is 7.32. The van der Waals surface area contributed by atoms with Gasteiger partial charge in [0, 0.05) is 18.2 Å². The van der Waals surface area contributed by atoms with Crippen molar-refractivity contribution in [1.82, 2.24) is 10.2 Å². The molecule has 1 amide bonds. The number of hydrogen-bond acceptors (Lipinski definition) is 8. The quantitative estimate of drug-likeness (QED) is 0.429. The molecule has 3 aromatic rings. The molecule has 1 aromatic heterocycles. The summed E-state index contributed by atoms with van der Waals surface area (Å²) in [4.78, 5) is 11.9. The fraction of sp³-hybridized carbons (Fsp3) is 0.227. The van der Waals surface area contributed by atoms with Crippen molar-refractivity contribution in [2.45, 2.75) is 29.8 Å². The van der Waals surface area contributed by atoms with Crippen molar-refractivity contribution < 1.29 is 48.3 Å². The number of amides is 1. The summed E-state index contributed by atoms with van der Waals surface area (Å²) in [6.07, 6.45) is -3.53. The largest absolute Gasteiger partial charge is 0.435 e. The van der Waals surface area contributed by atoms with Crippen LogP contribution in [-0.2, 0) is 25.9 Å². The number of benzene rings is 2. The van der Waals surface area contributed by atoms with Crippen LogP contribution in [0, 0.1) is 25.5 Å². The lowest BCUT2D eigenvalue weighted by Crippen LogP contribution is -2.21. The van der Waals surface area contributed by atoms with Gasteiger partial charge in [-0.05, 0) is 49.2 Å². The number of aromatic nitrogens is 2. The molecule has 0 spiro atoms. The molecule has 0 aliphatic rings. The normalized spacial score (nSPS) is 12.3. The first-order chi connectivity index (χ1) is 17.3. The monoisotopic (exact) mass is 579 g/mol. The van der Waals surface area contributed by atoms with E-state index in [1.807, 2.05) is 0 Å². The van der Waals surface area contributed by atoms with Crippen molar-refractivity contribution in [3.05, 3.63) is 64.4 Å². The van der Waals surface area contributed by atoms with Gasteiger partial charge in [0.15, 0.2) is 36.9 Å². The molecule has 9 nitrogen and oxygen atoms in total. The minimum atomic E-state index is -5.06. The number of carbonyl (C=O) groups is 1. The summed E-state index contributed by atoms with van der Waals surface area (Å²) >= 11 is 0. The molecule has 1 N–H and O–H groups in total. The average molecular weight is 580 g/mol. The fourth-order valence-electron chi connectivity index (χ4n) is 3.30. The van der Waals surface area contributed by atoms with Crippen molar-refractivity contribution in [1.29, 1.82) is 0 Å². The average Bonchev–Trinajstić information content (AvgIpc) is 2.77. The number of aryl methyl sites for hydroxylation is 1. The summed E-state index contributed by atoms with van der Waals surface area (Å²) < 4.78 is 122. The maximum absolute atomic E-state index is 14.8. The lowest BCUT2D eigenvalue weighted by molar-refractivity contribution is -0.142. The molecule has 0 radical (unpaired) electrons. The Balaban J connectivity index is 2.17. The van der Waals surface area contributed by atoms with Crippen LogP contribution in [0.25, 0.3) is 0 Å². The van der Waals surface area contributed by atoms with Gasteiger partial charge in [-0.15, -0.1) is 10.2 Å². The van der Waals surface area contributed by atoms with E-state index in [4.69, 9.17) is 4.74 Å². The number of sulfone groups is 2. The third-order valence-electron chi connectivity index (χ3n) is 5.11. The lowest BCUT2D eigenvalue weighted by atomic mass is 10.1. The molecule has 38 heavy (non-hydrogen) atoms. The Labute approximate surface area is 213 Å². The van der Waals surface area contributed by atoms with Gasteiger partial charge in [-0.25, -0.2) is 21.2 Å². The Bertz CT molecular complexity index is 1670. The Morgan fingerprint density at radius 1 is 0.947 bits per heavy atom. The highest BCUT2D eigenvalue weighted by Gasteiger charge is 2.38. The minimum Gasteiger partial charge on any atom is -0.433 e. The van der Waals surface area contributed by atoms with Crippen LogP contribution >= 0.6 is 0 Å². The van der Waals surface area contributed by atoms with Crippen LogP contribution < -0.4 is 10.1 Å². The summed E-state index contributed by atoms with van der Waals surface area (Å²) in [5.41, 5.74) is -3.64. The summed E-state index contributed by atoms with van der Waals surface area (Å²) in [5, 5.41) is 8.48. The SMILES string of the molecule is Cc1cc(S(C)(=O)=O)c(F)c(F)c1Oc1nnc(C(F)(F)F)c(C)c1C(=O)Nc1cccc(S(C)(=O)=O)c1. The number of halogens is 5. The zero-order valence-corrected chi connectivity index (χ0v) is 21.6. The van der Waals surface area contributed by atoms with Gasteiger partial charge < -0.3 is 10.1 Å². The van der Waals surface area contributed by atoms with Crippen molar-refractivity contribution in [2.24, 2.45) is 0 Å². The molecule has 3 rings (SSSR count). The summed E-state index contributed by atoms with van der Waals surface area (Å²) in [5.74, 6) is -6.78. The molecule has 0 bridgehead atoms. The zero-order chi connectivity index (χ0) is 28.8.